The maximum Gasteiger partial charge on any atom is 0.342 e. The molecule has 2 aromatic heterocycles. The highest BCUT2D eigenvalue weighted by atomic mass is 35.5. The first kappa shape index (κ1) is 19.4. The molecule has 7 heteroatoms. The molecule has 0 radical (unpaired) electrons. The van der Waals surface area contributed by atoms with Gasteiger partial charge < -0.3 is 14.1 Å². The van der Waals surface area contributed by atoms with E-state index in [-0.39, 0.29) is 4.91 Å². The number of hydrogen-bond acceptors (Lipinski definition) is 4. The fraction of sp³-hybridized carbons (Fsp3) is 0.0909. The number of carboxylic acids is 1. The number of halogens is 1. The van der Waals surface area contributed by atoms with Crippen molar-refractivity contribution in [3.63, 3.8) is 0 Å². The number of oxazole rings is 1. The second-order valence-corrected chi connectivity index (χ2v) is 7.93. The van der Waals surface area contributed by atoms with Crippen LogP contribution in [0.2, 0.25) is 5.02 Å². The second-order valence-electron chi connectivity index (χ2n) is 6.50. The van der Waals surface area contributed by atoms with Gasteiger partial charge in [-0.15, -0.1) is 0 Å². The molecule has 2 aromatic carbocycles. The minimum atomic E-state index is -1.03. The van der Waals surface area contributed by atoms with Gasteiger partial charge in [0.2, 0.25) is 0 Å². The predicted octanol–water partition coefficient (Wildman–Crippen LogP) is 6.11. The van der Waals surface area contributed by atoms with E-state index in [9.17, 15) is 9.90 Å². The Kier molecular flexibility index (Phi) is 5.22. The molecule has 4 rings (SSSR count). The van der Waals surface area contributed by atoms with E-state index >= 15 is 0 Å². The van der Waals surface area contributed by atoms with E-state index in [1.165, 1.54) is 0 Å². The maximum absolute atomic E-state index is 11.9. The van der Waals surface area contributed by atoms with E-state index < -0.39 is 5.97 Å². The van der Waals surface area contributed by atoms with Crippen molar-refractivity contribution in [1.29, 1.82) is 0 Å². The molecule has 29 heavy (non-hydrogen) atoms. The molecule has 2 heterocycles. The van der Waals surface area contributed by atoms with Crippen molar-refractivity contribution >= 4 is 46.5 Å². The van der Waals surface area contributed by atoms with Gasteiger partial charge in [-0.2, -0.15) is 0 Å². The largest absolute Gasteiger partial charge is 0.477 e. The van der Waals surface area contributed by atoms with Crippen LogP contribution >= 0.6 is 23.4 Å². The summed E-state index contributed by atoms with van der Waals surface area (Å²) >= 11 is 6.99. The molecule has 4 aromatic rings. The van der Waals surface area contributed by atoms with Crippen molar-refractivity contribution in [2.45, 2.75) is 19.1 Å². The molecule has 0 aliphatic heterocycles. The van der Waals surface area contributed by atoms with Crippen molar-refractivity contribution < 1.29 is 14.3 Å². The van der Waals surface area contributed by atoms with E-state index in [2.05, 4.69) is 9.55 Å². The summed E-state index contributed by atoms with van der Waals surface area (Å²) in [5.74, 6) is -1.03. The van der Waals surface area contributed by atoms with Gasteiger partial charge in [0, 0.05) is 22.1 Å². The van der Waals surface area contributed by atoms with Crippen LogP contribution in [0, 0.1) is 13.8 Å². The monoisotopic (exact) mass is 424 g/mol. The maximum atomic E-state index is 11.9. The van der Waals surface area contributed by atoms with Crippen LogP contribution in [-0.4, -0.2) is 20.6 Å². The van der Waals surface area contributed by atoms with E-state index in [1.54, 1.807) is 12.1 Å². The average molecular weight is 425 g/mol. The third-order valence-corrected chi connectivity index (χ3v) is 5.64. The van der Waals surface area contributed by atoms with Crippen molar-refractivity contribution in [2.75, 3.05) is 0 Å². The molecule has 0 saturated carbocycles. The number of rotatable bonds is 5. The fourth-order valence-electron chi connectivity index (χ4n) is 3.19. The lowest BCUT2D eigenvalue weighted by molar-refractivity contribution is -0.131. The Morgan fingerprint density at radius 1 is 1.17 bits per heavy atom. The molecular formula is C22H17ClN2O3S. The van der Waals surface area contributed by atoms with Crippen LogP contribution in [0.4, 0.5) is 0 Å². The zero-order valence-electron chi connectivity index (χ0n) is 15.7. The number of nitrogens with zero attached hydrogens (tertiary/aromatic N) is 2. The van der Waals surface area contributed by atoms with E-state index in [0.29, 0.717) is 21.3 Å². The highest BCUT2D eigenvalue weighted by molar-refractivity contribution is 8.03. The Labute approximate surface area is 176 Å². The number of thioether (sulfide) groups is 1. The lowest BCUT2D eigenvalue weighted by Gasteiger charge is -2.09. The third kappa shape index (κ3) is 3.95. The minimum Gasteiger partial charge on any atom is -0.477 e. The van der Waals surface area contributed by atoms with E-state index in [4.69, 9.17) is 16.0 Å². The molecule has 146 valence electrons. The highest BCUT2D eigenvalue weighted by Gasteiger charge is 2.17. The number of hydrogen-bond donors (Lipinski definition) is 1. The summed E-state index contributed by atoms with van der Waals surface area (Å²) in [7, 11) is 0. The quantitative estimate of drug-likeness (QED) is 0.309. The van der Waals surface area contributed by atoms with Gasteiger partial charge >= 0.3 is 5.97 Å². The van der Waals surface area contributed by atoms with Gasteiger partial charge in [-0.05, 0) is 79.7 Å². The number of para-hydroxylation sites is 2. The summed E-state index contributed by atoms with van der Waals surface area (Å²) in [4.78, 5) is 16.3. The molecule has 0 aliphatic rings. The van der Waals surface area contributed by atoms with Gasteiger partial charge in [0.25, 0.3) is 5.22 Å². The lowest BCUT2D eigenvalue weighted by Crippen LogP contribution is -1.99. The van der Waals surface area contributed by atoms with Gasteiger partial charge in [-0.1, -0.05) is 23.7 Å². The standard InChI is InChI=1S/C22H17ClN2O3S/c1-13-11-15(14(2)25(13)17-9-7-16(23)8-10-17)12-20(21(26)27)29-22-24-18-5-3-4-6-19(18)28-22/h3-12H,1-2H3,(H,26,27)/b20-12-. The number of benzene rings is 2. The average Bonchev–Trinajstić information content (AvgIpc) is 3.22. The zero-order chi connectivity index (χ0) is 20.5. The number of aromatic nitrogens is 2. The Balaban J connectivity index is 1.71. The SMILES string of the molecule is Cc1cc(/C=C(\Sc2nc3ccccc3o2)C(=O)O)c(C)n1-c1ccc(Cl)cc1. The van der Waals surface area contributed by atoms with E-state index in [1.807, 2.05) is 62.4 Å². The molecule has 0 fully saturated rings. The Morgan fingerprint density at radius 2 is 1.90 bits per heavy atom. The van der Waals surface area contributed by atoms with Crippen molar-refractivity contribution in [1.82, 2.24) is 9.55 Å². The van der Waals surface area contributed by atoms with Crippen LogP contribution < -0.4 is 0 Å². The molecule has 1 N–H and O–H groups in total. The molecule has 0 unspecified atom stereocenters. The molecule has 0 saturated heterocycles. The molecule has 5 nitrogen and oxygen atoms in total. The molecule has 0 aliphatic carbocycles. The van der Waals surface area contributed by atoms with Crippen LogP contribution in [0.1, 0.15) is 17.0 Å². The number of fused-ring (bicyclic) bond motifs is 1. The van der Waals surface area contributed by atoms with Crippen LogP contribution in [-0.2, 0) is 4.79 Å². The third-order valence-electron chi connectivity index (χ3n) is 4.52. The first-order chi connectivity index (χ1) is 13.9. The topological polar surface area (TPSA) is 68.3 Å². The molecular weight excluding hydrogens is 408 g/mol. The number of carbonyl (C=O) groups is 1. The number of aryl methyl sites for hydroxylation is 1. The zero-order valence-corrected chi connectivity index (χ0v) is 17.3. The predicted molar refractivity (Wildman–Crippen MR) is 116 cm³/mol. The Bertz CT molecular complexity index is 1210. The van der Waals surface area contributed by atoms with Gasteiger partial charge in [0.05, 0.1) is 0 Å². The summed E-state index contributed by atoms with van der Waals surface area (Å²) in [6, 6.07) is 16.8. The van der Waals surface area contributed by atoms with Crippen molar-refractivity contribution in [3.05, 3.63) is 81.5 Å². The van der Waals surface area contributed by atoms with Gasteiger partial charge in [0.1, 0.15) is 10.4 Å². The summed E-state index contributed by atoms with van der Waals surface area (Å²) in [5, 5.41) is 10.7. The summed E-state index contributed by atoms with van der Waals surface area (Å²) in [6.07, 6.45) is 1.65. The van der Waals surface area contributed by atoms with Gasteiger partial charge in [0.15, 0.2) is 5.58 Å². The number of carboxylic acid groups (broad SMARTS) is 1. The normalized spacial score (nSPS) is 11.9. The molecule has 0 amide bonds. The van der Waals surface area contributed by atoms with Crippen molar-refractivity contribution in [3.8, 4) is 5.69 Å². The van der Waals surface area contributed by atoms with Crippen LogP contribution in [0.25, 0.3) is 22.9 Å². The van der Waals surface area contributed by atoms with Gasteiger partial charge in [-0.25, -0.2) is 9.78 Å². The highest BCUT2D eigenvalue weighted by Crippen LogP contribution is 2.32. The number of aliphatic carboxylic acids is 1. The summed E-state index contributed by atoms with van der Waals surface area (Å²) < 4.78 is 7.72. The van der Waals surface area contributed by atoms with Crippen LogP contribution in [0.3, 0.4) is 0 Å². The minimum absolute atomic E-state index is 0.132. The van der Waals surface area contributed by atoms with Gasteiger partial charge in [-0.3, -0.25) is 0 Å². The molecule has 0 bridgehead atoms. The fourth-order valence-corrected chi connectivity index (χ4v) is 4.05. The van der Waals surface area contributed by atoms with Crippen LogP contribution in [0.5, 0.6) is 0 Å². The first-order valence-electron chi connectivity index (χ1n) is 8.85. The first-order valence-corrected chi connectivity index (χ1v) is 10.0. The smallest absolute Gasteiger partial charge is 0.342 e. The Morgan fingerprint density at radius 3 is 2.59 bits per heavy atom. The van der Waals surface area contributed by atoms with E-state index in [0.717, 1.165) is 34.4 Å². The summed E-state index contributed by atoms with van der Waals surface area (Å²) in [6.45, 7) is 3.93. The van der Waals surface area contributed by atoms with Crippen molar-refractivity contribution in [2.24, 2.45) is 0 Å². The second kappa shape index (κ2) is 7.81. The summed E-state index contributed by atoms with van der Waals surface area (Å²) in [5.41, 5.74) is 5.03. The Hall–Kier alpha value is -2.96. The molecule has 0 spiro atoms. The van der Waals surface area contributed by atoms with Crippen LogP contribution in [0.15, 0.2) is 69.1 Å². The molecule has 0 atom stereocenters. The lowest BCUT2D eigenvalue weighted by atomic mass is 10.2.